The van der Waals surface area contributed by atoms with Crippen LogP contribution in [0.15, 0.2) is 60.8 Å². The molecule has 0 aliphatic carbocycles. The number of hydrogen-bond acceptors (Lipinski definition) is 6. The molecule has 0 N–H and O–H groups in total. The van der Waals surface area contributed by atoms with Crippen LogP contribution in [0.4, 0.5) is 0 Å². The van der Waals surface area contributed by atoms with Crippen molar-refractivity contribution < 1.29 is 28.6 Å². The molecular formula is C63H112O6. The van der Waals surface area contributed by atoms with E-state index in [0.717, 1.165) is 96.3 Å². The Hall–Kier alpha value is -2.89. The van der Waals surface area contributed by atoms with E-state index in [9.17, 15) is 14.4 Å². The summed E-state index contributed by atoms with van der Waals surface area (Å²) in [6, 6.07) is 0. The third-order valence-electron chi connectivity index (χ3n) is 13.0. The lowest BCUT2D eigenvalue weighted by Crippen LogP contribution is -2.30. The molecule has 6 nitrogen and oxygen atoms in total. The van der Waals surface area contributed by atoms with E-state index < -0.39 is 6.10 Å². The Balaban J connectivity index is 4.37. The highest BCUT2D eigenvalue weighted by Gasteiger charge is 2.19. The fourth-order valence-corrected chi connectivity index (χ4v) is 8.44. The summed E-state index contributed by atoms with van der Waals surface area (Å²) in [7, 11) is 0. The predicted molar refractivity (Wildman–Crippen MR) is 298 cm³/mol. The van der Waals surface area contributed by atoms with E-state index in [1.807, 2.05) is 0 Å². The third kappa shape index (κ3) is 55.9. The molecule has 0 aromatic heterocycles. The van der Waals surface area contributed by atoms with Gasteiger partial charge in [-0.25, -0.2) is 0 Å². The Morgan fingerprint density at radius 2 is 0.522 bits per heavy atom. The summed E-state index contributed by atoms with van der Waals surface area (Å²) >= 11 is 0. The van der Waals surface area contributed by atoms with Gasteiger partial charge in [-0.05, 0) is 109 Å². The molecule has 400 valence electrons. The van der Waals surface area contributed by atoms with Gasteiger partial charge in [-0.2, -0.15) is 0 Å². The molecule has 0 aliphatic heterocycles. The van der Waals surface area contributed by atoms with Crippen molar-refractivity contribution >= 4 is 17.9 Å². The molecule has 0 aliphatic rings. The number of rotatable bonds is 54. The number of ether oxygens (including phenoxy) is 3. The quantitative estimate of drug-likeness (QED) is 0.0262. The van der Waals surface area contributed by atoms with E-state index in [1.165, 1.54) is 167 Å². The van der Waals surface area contributed by atoms with Crippen molar-refractivity contribution in [3.05, 3.63) is 60.8 Å². The van der Waals surface area contributed by atoms with Crippen LogP contribution in [-0.4, -0.2) is 37.2 Å². The van der Waals surface area contributed by atoms with Crippen LogP contribution in [0.1, 0.15) is 303 Å². The summed E-state index contributed by atoms with van der Waals surface area (Å²) in [5, 5.41) is 0. The van der Waals surface area contributed by atoms with Crippen LogP contribution in [0.2, 0.25) is 0 Å². The Bertz CT molecular complexity index is 1250. The summed E-state index contributed by atoms with van der Waals surface area (Å²) in [4.78, 5) is 38.2. The topological polar surface area (TPSA) is 78.9 Å². The maximum absolute atomic E-state index is 12.9. The van der Waals surface area contributed by atoms with Gasteiger partial charge in [0.05, 0.1) is 0 Å². The van der Waals surface area contributed by atoms with Crippen molar-refractivity contribution in [2.75, 3.05) is 13.2 Å². The van der Waals surface area contributed by atoms with Gasteiger partial charge in [0.15, 0.2) is 6.10 Å². The number of hydrogen-bond donors (Lipinski definition) is 0. The number of carbonyl (C=O) groups is 3. The van der Waals surface area contributed by atoms with Gasteiger partial charge >= 0.3 is 17.9 Å². The van der Waals surface area contributed by atoms with Crippen LogP contribution in [-0.2, 0) is 28.6 Å². The Morgan fingerprint density at radius 3 is 0.841 bits per heavy atom. The van der Waals surface area contributed by atoms with Crippen molar-refractivity contribution in [3.8, 4) is 0 Å². The molecule has 0 saturated heterocycles. The molecule has 6 heteroatoms. The highest BCUT2D eigenvalue weighted by atomic mass is 16.6. The van der Waals surface area contributed by atoms with Crippen LogP contribution >= 0.6 is 0 Å². The second-order valence-electron chi connectivity index (χ2n) is 19.9. The lowest BCUT2D eigenvalue weighted by atomic mass is 10.1. The number of allylic oxidation sites excluding steroid dienone is 10. The van der Waals surface area contributed by atoms with Crippen LogP contribution in [0.5, 0.6) is 0 Å². The Morgan fingerprint density at radius 1 is 0.290 bits per heavy atom. The van der Waals surface area contributed by atoms with Gasteiger partial charge in [0.25, 0.3) is 0 Å². The summed E-state index contributed by atoms with van der Waals surface area (Å²) in [5.41, 5.74) is 0. The highest BCUT2D eigenvalue weighted by Crippen LogP contribution is 2.15. The molecule has 0 spiro atoms. The maximum Gasteiger partial charge on any atom is 0.306 e. The normalized spacial score (nSPS) is 12.4. The van der Waals surface area contributed by atoms with E-state index >= 15 is 0 Å². The van der Waals surface area contributed by atoms with Gasteiger partial charge in [0.1, 0.15) is 13.2 Å². The third-order valence-corrected chi connectivity index (χ3v) is 13.0. The zero-order valence-electron chi connectivity index (χ0n) is 45.8. The monoisotopic (exact) mass is 965 g/mol. The van der Waals surface area contributed by atoms with Crippen molar-refractivity contribution in [1.82, 2.24) is 0 Å². The first kappa shape index (κ1) is 66.1. The van der Waals surface area contributed by atoms with Crippen LogP contribution in [0, 0.1) is 0 Å². The SMILES string of the molecule is CCCCC/C=C\C/C=C\CCCCCCCC(=O)OC(COC(=O)CCCCCCC/C=C\CCCCCCCC)COC(=O)CCCCCCCCCCC/C=C\C/C=C\CCCCCCC. The minimum Gasteiger partial charge on any atom is -0.462 e. The van der Waals surface area contributed by atoms with Gasteiger partial charge in [0, 0.05) is 19.3 Å². The fraction of sp³-hybridized carbons (Fsp3) is 0.794. The standard InChI is InChI=1S/C63H112O6/c1-4-7-10-13-16-19-22-25-28-29-30-31-32-33-36-38-41-44-47-50-53-56-62(65)68-59-60(69-63(66)57-54-51-48-45-42-39-35-27-24-21-18-15-12-9-6-3)58-67-61(64)55-52-49-46-43-40-37-34-26-23-20-17-14-11-8-5-2/h18,21-22,25-27,29-30,34-35,60H,4-17,19-20,23-24,28,31-33,36-59H2,1-3H3/b21-18-,25-22-,30-29-,34-26-,35-27-. The lowest BCUT2D eigenvalue weighted by molar-refractivity contribution is -0.167. The lowest BCUT2D eigenvalue weighted by Gasteiger charge is -2.18. The second-order valence-corrected chi connectivity index (χ2v) is 19.9. The summed E-state index contributed by atoms with van der Waals surface area (Å²) in [6.45, 7) is 6.60. The van der Waals surface area contributed by atoms with Gasteiger partial charge in [-0.1, -0.05) is 236 Å². The van der Waals surface area contributed by atoms with Gasteiger partial charge in [0.2, 0.25) is 0 Å². The van der Waals surface area contributed by atoms with Crippen LogP contribution in [0.25, 0.3) is 0 Å². The molecule has 0 radical (unpaired) electrons. The van der Waals surface area contributed by atoms with E-state index in [0.29, 0.717) is 19.3 Å². The van der Waals surface area contributed by atoms with Gasteiger partial charge in [-0.3, -0.25) is 14.4 Å². The minimum absolute atomic E-state index is 0.0838. The summed E-state index contributed by atoms with van der Waals surface area (Å²) < 4.78 is 16.9. The van der Waals surface area contributed by atoms with Crippen LogP contribution in [0.3, 0.4) is 0 Å². The Labute approximate surface area is 428 Å². The average Bonchev–Trinajstić information content (AvgIpc) is 3.35. The van der Waals surface area contributed by atoms with Gasteiger partial charge < -0.3 is 14.2 Å². The van der Waals surface area contributed by atoms with E-state index in [2.05, 4.69) is 81.5 Å². The van der Waals surface area contributed by atoms with E-state index in [1.54, 1.807) is 0 Å². The predicted octanol–water partition coefficient (Wildman–Crippen LogP) is 20.0. The first-order valence-corrected chi connectivity index (χ1v) is 29.8. The molecule has 69 heavy (non-hydrogen) atoms. The molecule has 0 heterocycles. The fourth-order valence-electron chi connectivity index (χ4n) is 8.44. The zero-order chi connectivity index (χ0) is 50.0. The largest absolute Gasteiger partial charge is 0.462 e. The smallest absolute Gasteiger partial charge is 0.306 e. The average molecular weight is 966 g/mol. The molecule has 0 aromatic carbocycles. The number of unbranched alkanes of at least 4 members (excludes halogenated alkanes) is 33. The molecule has 0 amide bonds. The van der Waals surface area contributed by atoms with Crippen LogP contribution < -0.4 is 0 Å². The van der Waals surface area contributed by atoms with E-state index in [4.69, 9.17) is 14.2 Å². The van der Waals surface area contributed by atoms with Crippen molar-refractivity contribution in [3.63, 3.8) is 0 Å². The number of carbonyl (C=O) groups excluding carboxylic acids is 3. The highest BCUT2D eigenvalue weighted by molar-refractivity contribution is 5.71. The molecule has 0 fully saturated rings. The molecule has 0 saturated carbocycles. The van der Waals surface area contributed by atoms with Crippen molar-refractivity contribution in [2.24, 2.45) is 0 Å². The first-order valence-electron chi connectivity index (χ1n) is 29.8. The van der Waals surface area contributed by atoms with Gasteiger partial charge in [-0.15, -0.1) is 0 Å². The maximum atomic E-state index is 12.9. The van der Waals surface area contributed by atoms with Crippen molar-refractivity contribution in [2.45, 2.75) is 309 Å². The molecule has 1 atom stereocenters. The zero-order valence-corrected chi connectivity index (χ0v) is 45.8. The molecule has 0 bridgehead atoms. The molecule has 1 unspecified atom stereocenters. The molecule has 0 aromatic rings. The van der Waals surface area contributed by atoms with Crippen molar-refractivity contribution in [1.29, 1.82) is 0 Å². The van der Waals surface area contributed by atoms with E-state index in [-0.39, 0.29) is 31.1 Å². The summed E-state index contributed by atoms with van der Waals surface area (Å²) in [5.74, 6) is -0.899. The molecule has 0 rings (SSSR count). The first-order chi connectivity index (χ1) is 34.0. The Kier molecular flexibility index (Phi) is 55.3. The second kappa shape index (κ2) is 57.7. The molecular weight excluding hydrogens is 853 g/mol. The summed E-state index contributed by atoms with van der Waals surface area (Å²) in [6.07, 6.45) is 72.1. The number of esters is 3. The minimum atomic E-state index is -0.787.